The van der Waals surface area contributed by atoms with Gasteiger partial charge in [-0.2, -0.15) is 0 Å². The maximum absolute atomic E-state index is 12.2. The molecule has 0 bridgehead atoms. The predicted molar refractivity (Wildman–Crippen MR) is 105 cm³/mol. The van der Waals surface area contributed by atoms with Crippen molar-refractivity contribution >= 4 is 21.0 Å². The quantitative estimate of drug-likeness (QED) is 0.675. The first-order valence-electron chi connectivity index (χ1n) is 9.09. The van der Waals surface area contributed by atoms with Crippen LogP contribution in [0.2, 0.25) is 0 Å². The van der Waals surface area contributed by atoms with Crippen molar-refractivity contribution in [1.82, 2.24) is 5.16 Å². The Kier molecular flexibility index (Phi) is 4.55. The van der Waals surface area contributed by atoms with Crippen LogP contribution >= 0.6 is 0 Å². The summed E-state index contributed by atoms with van der Waals surface area (Å²) in [5.74, 6) is 1.32. The molecule has 1 aromatic heterocycles. The van der Waals surface area contributed by atoms with Gasteiger partial charge in [-0.05, 0) is 54.5 Å². The van der Waals surface area contributed by atoms with E-state index in [0.717, 1.165) is 24.0 Å². The molecule has 148 valence electrons. The number of rotatable bonds is 6. The second-order valence-electron chi connectivity index (χ2n) is 6.94. The Morgan fingerprint density at radius 1 is 1.18 bits per heavy atom. The molecule has 1 saturated carbocycles. The largest absolute Gasteiger partial charge is 0.496 e. The van der Waals surface area contributed by atoms with Crippen LogP contribution in [0, 0.1) is 0 Å². The Labute approximate surface area is 163 Å². The van der Waals surface area contributed by atoms with E-state index in [9.17, 15) is 8.42 Å². The van der Waals surface area contributed by atoms with Crippen LogP contribution in [0.3, 0.4) is 0 Å². The van der Waals surface area contributed by atoms with Crippen molar-refractivity contribution in [2.45, 2.75) is 37.0 Å². The van der Waals surface area contributed by atoms with Gasteiger partial charge in [0.2, 0.25) is 10.0 Å². The molecule has 8 heteroatoms. The second kappa shape index (κ2) is 6.79. The molecular formula is C20H22N2O5S. The monoisotopic (exact) mass is 402 g/mol. The molecule has 2 N–H and O–H groups in total. The highest BCUT2D eigenvalue weighted by molar-refractivity contribution is 7.89. The summed E-state index contributed by atoms with van der Waals surface area (Å²) in [6.45, 7) is 1.94. The Morgan fingerprint density at radius 2 is 1.89 bits per heavy atom. The smallest absolute Gasteiger partial charge is 0.241 e. The molecule has 1 fully saturated rings. The third-order valence-corrected chi connectivity index (χ3v) is 6.05. The fourth-order valence-corrected chi connectivity index (χ4v) is 4.37. The van der Waals surface area contributed by atoms with Gasteiger partial charge >= 0.3 is 0 Å². The number of benzene rings is 2. The number of aromatic nitrogens is 1. The van der Waals surface area contributed by atoms with Gasteiger partial charge in [0.05, 0.1) is 19.6 Å². The number of ether oxygens (including phenoxy) is 2. The van der Waals surface area contributed by atoms with E-state index in [4.69, 9.17) is 19.1 Å². The highest BCUT2D eigenvalue weighted by atomic mass is 32.2. The number of fused-ring (bicyclic) bond motifs is 1. The molecule has 4 rings (SSSR count). The molecule has 0 unspecified atom stereocenters. The number of hydrogen-bond acceptors (Lipinski definition) is 6. The van der Waals surface area contributed by atoms with Gasteiger partial charge in [-0.3, -0.25) is 0 Å². The topological polar surface area (TPSA) is 105 Å². The molecule has 0 atom stereocenters. The predicted octanol–water partition coefficient (Wildman–Crippen LogP) is 3.60. The molecule has 2 aromatic carbocycles. The molecule has 0 aliphatic heterocycles. The first kappa shape index (κ1) is 18.8. The van der Waals surface area contributed by atoms with Crippen LogP contribution in [0.1, 0.15) is 36.8 Å². The van der Waals surface area contributed by atoms with Gasteiger partial charge in [-0.15, -0.1) is 0 Å². The molecule has 0 spiro atoms. The summed E-state index contributed by atoms with van der Waals surface area (Å²) in [7, 11) is -0.958. The normalized spacial score (nSPS) is 14.4. The number of sulfonamides is 1. The van der Waals surface area contributed by atoms with Crippen LogP contribution in [0.5, 0.6) is 11.5 Å². The van der Waals surface area contributed by atoms with Crippen LogP contribution in [-0.2, 0) is 16.4 Å². The minimum Gasteiger partial charge on any atom is -0.496 e. The molecule has 1 heterocycles. The zero-order chi connectivity index (χ0) is 20.1. The van der Waals surface area contributed by atoms with Gasteiger partial charge in [0.1, 0.15) is 22.1 Å². The number of nitrogens with two attached hydrogens (primary N) is 1. The molecule has 0 radical (unpaired) electrons. The van der Waals surface area contributed by atoms with Crippen molar-refractivity contribution in [2.24, 2.45) is 5.14 Å². The van der Waals surface area contributed by atoms with Crippen LogP contribution in [-0.4, -0.2) is 27.8 Å². The van der Waals surface area contributed by atoms with Crippen molar-refractivity contribution in [1.29, 1.82) is 0 Å². The lowest BCUT2D eigenvalue weighted by atomic mass is 9.99. The summed E-state index contributed by atoms with van der Waals surface area (Å²) < 4.78 is 41.1. The summed E-state index contributed by atoms with van der Waals surface area (Å²) in [6.07, 6.45) is 2.86. The van der Waals surface area contributed by atoms with E-state index in [1.54, 1.807) is 7.11 Å². The first-order valence-corrected chi connectivity index (χ1v) is 10.6. The summed E-state index contributed by atoms with van der Waals surface area (Å²) in [5.41, 5.74) is 3.46. The van der Waals surface area contributed by atoms with Crippen LogP contribution < -0.4 is 14.6 Å². The first-order chi connectivity index (χ1) is 13.4. The fraction of sp³-hybridized carbons (Fsp3) is 0.350. The second-order valence-corrected chi connectivity index (χ2v) is 8.47. The summed E-state index contributed by atoms with van der Waals surface area (Å²) in [5, 5.41) is 10.4. The number of nitrogens with zero attached hydrogens (tertiary/aromatic N) is 1. The minimum atomic E-state index is -3.99. The zero-order valence-corrected chi connectivity index (χ0v) is 16.8. The van der Waals surface area contributed by atoms with Gasteiger partial charge in [-0.25, -0.2) is 13.6 Å². The molecular weight excluding hydrogens is 380 g/mol. The summed E-state index contributed by atoms with van der Waals surface area (Å²) >= 11 is 0. The van der Waals surface area contributed by atoms with Gasteiger partial charge in [0.25, 0.3) is 0 Å². The number of primary sulfonamides is 1. The lowest BCUT2D eigenvalue weighted by molar-refractivity contribution is 0.403. The maximum atomic E-state index is 12.2. The van der Waals surface area contributed by atoms with E-state index in [1.807, 2.05) is 25.1 Å². The fourth-order valence-electron chi connectivity index (χ4n) is 3.60. The van der Waals surface area contributed by atoms with E-state index < -0.39 is 10.0 Å². The molecule has 1 aliphatic carbocycles. The van der Waals surface area contributed by atoms with Crippen LogP contribution in [0.4, 0.5) is 0 Å². The highest BCUT2D eigenvalue weighted by Gasteiger charge is 2.31. The third-order valence-electron chi connectivity index (χ3n) is 5.13. The van der Waals surface area contributed by atoms with Gasteiger partial charge in [0.15, 0.2) is 5.58 Å². The van der Waals surface area contributed by atoms with Crippen LogP contribution in [0.25, 0.3) is 22.2 Å². The minimum absolute atomic E-state index is 0.0715. The molecule has 1 aliphatic rings. The SMILES string of the molecule is CCc1cc(-c2noc3ccc(C4CC4)c(OC)c23)c(OC)c(S(N)(=O)=O)c1. The van der Waals surface area contributed by atoms with Gasteiger partial charge in [-0.1, -0.05) is 18.1 Å². The van der Waals surface area contributed by atoms with Crippen molar-refractivity contribution < 1.29 is 22.4 Å². The van der Waals surface area contributed by atoms with E-state index in [2.05, 4.69) is 5.16 Å². The molecule has 7 nitrogen and oxygen atoms in total. The Balaban J connectivity index is 2.07. The standard InChI is InChI=1S/C20H22N2O5S/c1-4-11-9-14(19(25-2)16(10-11)28(21,23)24)18-17-15(27-22-18)8-7-13(12-5-6-12)20(17)26-3/h7-10,12H,4-6H2,1-3H3,(H2,21,23,24). The van der Waals surface area contributed by atoms with Crippen LogP contribution in [0.15, 0.2) is 33.7 Å². The van der Waals surface area contributed by atoms with Crippen molar-refractivity contribution in [3.63, 3.8) is 0 Å². The number of hydrogen-bond donors (Lipinski definition) is 1. The van der Waals surface area contributed by atoms with Gasteiger partial charge < -0.3 is 14.0 Å². The Bertz CT molecular complexity index is 1160. The maximum Gasteiger partial charge on any atom is 0.241 e. The Hall–Kier alpha value is -2.58. The summed E-state index contributed by atoms with van der Waals surface area (Å²) in [6, 6.07) is 7.27. The zero-order valence-electron chi connectivity index (χ0n) is 16.0. The lowest BCUT2D eigenvalue weighted by Gasteiger charge is -2.14. The highest BCUT2D eigenvalue weighted by Crippen LogP contribution is 2.49. The average Bonchev–Trinajstić information content (AvgIpc) is 3.44. The van der Waals surface area contributed by atoms with E-state index in [1.165, 1.54) is 13.2 Å². The molecule has 28 heavy (non-hydrogen) atoms. The average molecular weight is 402 g/mol. The summed E-state index contributed by atoms with van der Waals surface area (Å²) in [4.78, 5) is -0.0715. The van der Waals surface area contributed by atoms with Crippen molar-refractivity contribution in [3.8, 4) is 22.8 Å². The third kappa shape index (κ3) is 3.02. The lowest BCUT2D eigenvalue weighted by Crippen LogP contribution is -2.14. The van der Waals surface area contributed by atoms with Crippen molar-refractivity contribution in [2.75, 3.05) is 14.2 Å². The van der Waals surface area contributed by atoms with Gasteiger partial charge in [0, 0.05) is 5.56 Å². The molecule has 0 amide bonds. The number of methoxy groups -OCH3 is 2. The Morgan fingerprint density at radius 3 is 2.46 bits per heavy atom. The molecule has 0 saturated heterocycles. The van der Waals surface area contributed by atoms with Crippen molar-refractivity contribution in [3.05, 3.63) is 35.4 Å². The number of aryl methyl sites for hydroxylation is 1. The molecule has 3 aromatic rings. The van der Waals surface area contributed by atoms with E-state index >= 15 is 0 Å². The van der Waals surface area contributed by atoms with E-state index in [0.29, 0.717) is 40.3 Å². The van der Waals surface area contributed by atoms with E-state index in [-0.39, 0.29) is 10.6 Å².